The summed E-state index contributed by atoms with van der Waals surface area (Å²) in [6, 6.07) is 0.143. The number of nitrogens with two attached hydrogens (primary N) is 1. The van der Waals surface area contributed by atoms with Gasteiger partial charge in [0.25, 0.3) is 0 Å². The number of nitrogens with zero attached hydrogens (tertiary/aromatic N) is 1. The molecule has 2 aliphatic rings. The third-order valence-electron chi connectivity index (χ3n) is 4.65. The van der Waals surface area contributed by atoms with Crippen LogP contribution in [-0.4, -0.2) is 29.9 Å². The first kappa shape index (κ1) is 12.9. The minimum Gasteiger partial charge on any atom is -0.343 e. The fourth-order valence-corrected chi connectivity index (χ4v) is 3.36. The van der Waals surface area contributed by atoms with Crippen LogP contribution in [0.1, 0.15) is 58.3 Å². The van der Waals surface area contributed by atoms with Crippen molar-refractivity contribution in [2.24, 2.45) is 11.1 Å². The third-order valence-corrected chi connectivity index (χ3v) is 4.65. The molecule has 1 aliphatic heterocycles. The summed E-state index contributed by atoms with van der Waals surface area (Å²) in [5.41, 5.74) is 6.30. The van der Waals surface area contributed by atoms with Crippen molar-refractivity contribution in [1.29, 1.82) is 0 Å². The summed E-state index contributed by atoms with van der Waals surface area (Å²) >= 11 is 0. The lowest BCUT2D eigenvalue weighted by Crippen LogP contribution is -2.42. The maximum Gasteiger partial charge on any atom is 0.222 e. The van der Waals surface area contributed by atoms with E-state index in [0.29, 0.717) is 17.7 Å². The molecular weight excluding hydrogens is 212 g/mol. The number of likely N-dealkylation sites (tertiary alicyclic amines) is 1. The van der Waals surface area contributed by atoms with Crippen LogP contribution < -0.4 is 5.73 Å². The van der Waals surface area contributed by atoms with Gasteiger partial charge in [0.15, 0.2) is 0 Å². The molecular formula is C14H26N2O. The standard InChI is InChI=1S/C14H26N2O/c1-12(15)4-5-13(17)16-10-8-14(9-11-16)6-2-3-7-14/h12H,2-11,15H2,1H3. The van der Waals surface area contributed by atoms with Gasteiger partial charge in [-0.15, -0.1) is 0 Å². The summed E-state index contributed by atoms with van der Waals surface area (Å²) in [4.78, 5) is 14.0. The average molecular weight is 238 g/mol. The molecule has 1 amide bonds. The first-order valence-electron chi connectivity index (χ1n) is 7.15. The summed E-state index contributed by atoms with van der Waals surface area (Å²) in [5, 5.41) is 0. The molecule has 0 aromatic carbocycles. The summed E-state index contributed by atoms with van der Waals surface area (Å²) in [6.07, 6.45) is 9.51. The highest BCUT2D eigenvalue weighted by Crippen LogP contribution is 2.46. The molecule has 0 aromatic rings. The topological polar surface area (TPSA) is 46.3 Å². The summed E-state index contributed by atoms with van der Waals surface area (Å²) in [5.74, 6) is 0.315. The Hall–Kier alpha value is -0.570. The summed E-state index contributed by atoms with van der Waals surface area (Å²) < 4.78 is 0. The fourth-order valence-electron chi connectivity index (χ4n) is 3.36. The molecule has 0 bridgehead atoms. The Balaban J connectivity index is 1.76. The van der Waals surface area contributed by atoms with Crippen molar-refractivity contribution in [3.63, 3.8) is 0 Å². The molecule has 1 aliphatic carbocycles. The van der Waals surface area contributed by atoms with Crippen molar-refractivity contribution in [1.82, 2.24) is 4.90 Å². The van der Waals surface area contributed by atoms with E-state index in [0.717, 1.165) is 19.5 Å². The Kier molecular flexibility index (Phi) is 4.08. The van der Waals surface area contributed by atoms with E-state index in [4.69, 9.17) is 5.73 Å². The molecule has 1 atom stereocenters. The molecule has 1 saturated carbocycles. The minimum absolute atomic E-state index is 0.143. The second-order valence-electron chi connectivity index (χ2n) is 6.10. The van der Waals surface area contributed by atoms with Crippen molar-refractivity contribution in [2.75, 3.05) is 13.1 Å². The molecule has 98 valence electrons. The SMILES string of the molecule is CC(N)CCC(=O)N1CCC2(CCCC2)CC1. The van der Waals surface area contributed by atoms with Crippen LogP contribution in [0.4, 0.5) is 0 Å². The monoisotopic (exact) mass is 238 g/mol. The third kappa shape index (κ3) is 3.21. The predicted octanol–water partition coefficient (Wildman–Crippen LogP) is 2.30. The van der Waals surface area contributed by atoms with Gasteiger partial charge in [-0.3, -0.25) is 4.79 Å². The first-order chi connectivity index (χ1) is 8.11. The second-order valence-corrected chi connectivity index (χ2v) is 6.10. The van der Waals surface area contributed by atoms with Gasteiger partial charge < -0.3 is 10.6 Å². The van der Waals surface area contributed by atoms with Crippen LogP contribution in [0, 0.1) is 5.41 Å². The molecule has 0 aromatic heterocycles. The quantitative estimate of drug-likeness (QED) is 0.820. The lowest BCUT2D eigenvalue weighted by atomic mass is 9.77. The van der Waals surface area contributed by atoms with E-state index >= 15 is 0 Å². The van der Waals surface area contributed by atoms with E-state index in [2.05, 4.69) is 4.90 Å². The van der Waals surface area contributed by atoms with E-state index in [1.54, 1.807) is 0 Å². The summed E-state index contributed by atoms with van der Waals surface area (Å²) in [7, 11) is 0. The summed E-state index contributed by atoms with van der Waals surface area (Å²) in [6.45, 7) is 3.94. The highest BCUT2D eigenvalue weighted by atomic mass is 16.2. The number of rotatable bonds is 3. The van der Waals surface area contributed by atoms with Gasteiger partial charge in [-0.05, 0) is 44.4 Å². The van der Waals surface area contributed by atoms with Gasteiger partial charge >= 0.3 is 0 Å². The molecule has 17 heavy (non-hydrogen) atoms. The zero-order valence-electron chi connectivity index (χ0n) is 11.1. The lowest BCUT2D eigenvalue weighted by Gasteiger charge is -2.39. The number of carbonyl (C=O) groups is 1. The maximum atomic E-state index is 12.0. The average Bonchev–Trinajstić information content (AvgIpc) is 2.75. The number of piperidine rings is 1. The van der Waals surface area contributed by atoms with Crippen LogP contribution in [0.3, 0.4) is 0 Å². The van der Waals surface area contributed by atoms with Crippen LogP contribution in [0.15, 0.2) is 0 Å². The smallest absolute Gasteiger partial charge is 0.222 e. The Morgan fingerprint density at radius 2 is 1.82 bits per heavy atom. The Labute approximate surface area is 105 Å². The number of hydrogen-bond acceptors (Lipinski definition) is 2. The fraction of sp³-hybridized carbons (Fsp3) is 0.929. The van der Waals surface area contributed by atoms with E-state index in [1.165, 1.54) is 38.5 Å². The van der Waals surface area contributed by atoms with Crippen LogP contribution in [0.25, 0.3) is 0 Å². The lowest BCUT2D eigenvalue weighted by molar-refractivity contribution is -0.133. The van der Waals surface area contributed by atoms with Gasteiger partial charge in [0.2, 0.25) is 5.91 Å². The molecule has 3 nitrogen and oxygen atoms in total. The first-order valence-corrected chi connectivity index (χ1v) is 7.15. The normalized spacial score (nSPS) is 25.2. The molecule has 1 heterocycles. The molecule has 1 saturated heterocycles. The highest BCUT2D eigenvalue weighted by Gasteiger charge is 2.37. The second kappa shape index (κ2) is 5.38. The minimum atomic E-state index is 0.143. The molecule has 1 spiro atoms. The molecule has 2 fully saturated rings. The van der Waals surface area contributed by atoms with Gasteiger partial charge in [0, 0.05) is 25.6 Å². The van der Waals surface area contributed by atoms with E-state index in [9.17, 15) is 4.79 Å². The van der Waals surface area contributed by atoms with Crippen molar-refractivity contribution in [3.05, 3.63) is 0 Å². The highest BCUT2D eigenvalue weighted by molar-refractivity contribution is 5.76. The van der Waals surface area contributed by atoms with Crippen molar-refractivity contribution in [3.8, 4) is 0 Å². The molecule has 3 heteroatoms. The van der Waals surface area contributed by atoms with Crippen molar-refractivity contribution in [2.45, 2.75) is 64.3 Å². The zero-order chi connectivity index (χ0) is 12.3. The Morgan fingerprint density at radius 1 is 1.24 bits per heavy atom. The van der Waals surface area contributed by atoms with Gasteiger partial charge in [-0.2, -0.15) is 0 Å². The molecule has 2 N–H and O–H groups in total. The van der Waals surface area contributed by atoms with Crippen LogP contribution in [0.5, 0.6) is 0 Å². The van der Waals surface area contributed by atoms with Gasteiger partial charge in [0.1, 0.15) is 0 Å². The molecule has 1 unspecified atom stereocenters. The van der Waals surface area contributed by atoms with Gasteiger partial charge in [-0.1, -0.05) is 12.8 Å². The number of carbonyl (C=O) groups excluding carboxylic acids is 1. The molecule has 0 radical (unpaired) electrons. The predicted molar refractivity (Wildman–Crippen MR) is 69.6 cm³/mol. The van der Waals surface area contributed by atoms with E-state index < -0.39 is 0 Å². The Bertz CT molecular complexity index is 259. The molecule has 2 rings (SSSR count). The maximum absolute atomic E-state index is 12.0. The van der Waals surface area contributed by atoms with Crippen LogP contribution in [-0.2, 0) is 4.79 Å². The van der Waals surface area contributed by atoms with Gasteiger partial charge in [0.05, 0.1) is 0 Å². The number of hydrogen-bond donors (Lipinski definition) is 1. The van der Waals surface area contributed by atoms with Crippen LogP contribution in [0.2, 0.25) is 0 Å². The largest absolute Gasteiger partial charge is 0.343 e. The van der Waals surface area contributed by atoms with E-state index in [1.807, 2.05) is 6.92 Å². The zero-order valence-corrected chi connectivity index (χ0v) is 11.1. The van der Waals surface area contributed by atoms with Crippen LogP contribution >= 0.6 is 0 Å². The Morgan fingerprint density at radius 3 is 2.35 bits per heavy atom. The number of amides is 1. The van der Waals surface area contributed by atoms with Crippen molar-refractivity contribution < 1.29 is 4.79 Å². The van der Waals surface area contributed by atoms with E-state index in [-0.39, 0.29) is 6.04 Å². The van der Waals surface area contributed by atoms with Crippen molar-refractivity contribution >= 4 is 5.91 Å². The van der Waals surface area contributed by atoms with Gasteiger partial charge in [-0.25, -0.2) is 0 Å².